The van der Waals surface area contributed by atoms with Crippen LogP contribution in [0.4, 0.5) is 4.79 Å². The van der Waals surface area contributed by atoms with Crippen LogP contribution in [0.1, 0.15) is 6.42 Å². The molecule has 0 aliphatic heterocycles. The van der Waals surface area contributed by atoms with E-state index >= 15 is 0 Å². The molecule has 0 bridgehead atoms. The van der Waals surface area contributed by atoms with Crippen LogP contribution in [0.15, 0.2) is 0 Å². The predicted molar refractivity (Wildman–Crippen MR) is 78.2 cm³/mol. The van der Waals surface area contributed by atoms with Gasteiger partial charge in [-0.1, -0.05) is 0 Å². The van der Waals surface area contributed by atoms with Crippen LogP contribution in [0, 0.1) is 0 Å². The van der Waals surface area contributed by atoms with Crippen molar-refractivity contribution in [3.05, 3.63) is 0 Å². The number of rotatable bonds is 15. The Hall–Kier alpha value is -1.42. The first-order valence-corrected chi connectivity index (χ1v) is 7.15. The van der Waals surface area contributed by atoms with Crippen molar-refractivity contribution in [3.8, 4) is 0 Å². The number of carbonyl (C=O) groups is 2. The zero-order chi connectivity index (χ0) is 16.6. The minimum Gasteiger partial charge on any atom is -0.481 e. The highest BCUT2D eigenvalue weighted by molar-refractivity contribution is 5.66. The Bertz CT molecular complexity index is 302. The van der Waals surface area contributed by atoms with E-state index in [4.69, 9.17) is 24.4 Å². The highest BCUT2D eigenvalue weighted by Gasteiger charge is 2.09. The number of nitrogens with zero attached hydrogens (tertiary/aromatic N) is 1. The molecule has 0 aromatic carbocycles. The van der Waals surface area contributed by atoms with E-state index in [0.29, 0.717) is 52.7 Å². The molecular weight excluding hydrogens is 296 g/mol. The average Bonchev–Trinajstić information content (AvgIpc) is 2.47. The van der Waals surface area contributed by atoms with Crippen LogP contribution in [-0.4, -0.2) is 93.5 Å². The number of nitrogens with one attached hydrogen (secondary N) is 1. The first kappa shape index (κ1) is 20.6. The number of hydrogen-bond donors (Lipinski definition) is 3. The maximum absolute atomic E-state index is 10.9. The van der Waals surface area contributed by atoms with E-state index in [0.717, 1.165) is 0 Å². The van der Waals surface area contributed by atoms with Crippen molar-refractivity contribution in [2.24, 2.45) is 0 Å². The van der Waals surface area contributed by atoms with Gasteiger partial charge in [-0.05, 0) is 7.05 Å². The molecule has 9 heteroatoms. The largest absolute Gasteiger partial charge is 0.481 e. The molecule has 0 aromatic heterocycles. The molecule has 0 aliphatic rings. The summed E-state index contributed by atoms with van der Waals surface area (Å²) in [5.74, 6) is -0.889. The first-order valence-electron chi connectivity index (χ1n) is 7.15. The van der Waals surface area contributed by atoms with Crippen LogP contribution < -0.4 is 5.32 Å². The Morgan fingerprint density at radius 3 is 1.95 bits per heavy atom. The van der Waals surface area contributed by atoms with Gasteiger partial charge in [0.1, 0.15) is 0 Å². The molecule has 0 aromatic rings. The van der Waals surface area contributed by atoms with Crippen molar-refractivity contribution in [2.75, 3.05) is 66.3 Å². The molecule has 0 saturated heterocycles. The standard InChI is InChI=1S/C13H26N2O7/c1-14-3-4-15(13(18)19)5-7-21-9-11-22-10-8-20-6-2-12(16)17/h14H,2-11H2,1H3,(H,16,17)(H,18,19). The maximum Gasteiger partial charge on any atom is 0.407 e. The molecule has 22 heavy (non-hydrogen) atoms. The fourth-order valence-corrected chi connectivity index (χ4v) is 1.43. The molecule has 0 radical (unpaired) electrons. The van der Waals surface area contributed by atoms with Crippen LogP contribution in [0.25, 0.3) is 0 Å². The van der Waals surface area contributed by atoms with Crippen LogP contribution >= 0.6 is 0 Å². The number of carboxylic acids is 1. The molecule has 0 spiro atoms. The third-order valence-corrected chi connectivity index (χ3v) is 2.61. The second-order valence-electron chi connectivity index (χ2n) is 4.35. The van der Waals surface area contributed by atoms with E-state index < -0.39 is 12.1 Å². The van der Waals surface area contributed by atoms with Gasteiger partial charge in [-0.25, -0.2) is 4.79 Å². The van der Waals surface area contributed by atoms with Gasteiger partial charge >= 0.3 is 12.1 Å². The summed E-state index contributed by atoms with van der Waals surface area (Å²) in [4.78, 5) is 22.4. The van der Waals surface area contributed by atoms with Crippen molar-refractivity contribution >= 4 is 12.1 Å². The SMILES string of the molecule is CNCCN(CCOCCOCCOCCC(=O)O)C(=O)O. The molecular formula is C13H26N2O7. The zero-order valence-electron chi connectivity index (χ0n) is 13.0. The Morgan fingerprint density at radius 2 is 1.45 bits per heavy atom. The summed E-state index contributed by atoms with van der Waals surface area (Å²) in [6.45, 7) is 3.27. The topological polar surface area (TPSA) is 118 Å². The van der Waals surface area contributed by atoms with Crippen molar-refractivity contribution in [3.63, 3.8) is 0 Å². The number of amides is 1. The summed E-state index contributed by atoms with van der Waals surface area (Å²) >= 11 is 0. The Kier molecular flexibility index (Phi) is 13.6. The molecule has 0 heterocycles. The Balaban J connectivity index is 3.34. The molecule has 9 nitrogen and oxygen atoms in total. The van der Waals surface area contributed by atoms with Gasteiger partial charge in [-0.2, -0.15) is 0 Å². The van der Waals surface area contributed by atoms with E-state index in [1.165, 1.54) is 4.90 Å². The number of likely N-dealkylation sites (N-methyl/N-ethyl adjacent to an activating group) is 1. The molecule has 0 fully saturated rings. The summed E-state index contributed by atoms with van der Waals surface area (Å²) < 4.78 is 15.6. The summed E-state index contributed by atoms with van der Waals surface area (Å²) in [5, 5.41) is 20.2. The van der Waals surface area contributed by atoms with Crippen LogP contribution in [0.5, 0.6) is 0 Å². The first-order chi connectivity index (χ1) is 10.6. The smallest absolute Gasteiger partial charge is 0.407 e. The summed E-state index contributed by atoms with van der Waals surface area (Å²) in [6, 6.07) is 0. The van der Waals surface area contributed by atoms with Gasteiger partial charge in [0.2, 0.25) is 0 Å². The highest BCUT2D eigenvalue weighted by Crippen LogP contribution is 1.90. The molecule has 0 saturated carbocycles. The van der Waals surface area contributed by atoms with E-state index in [-0.39, 0.29) is 13.0 Å². The van der Waals surface area contributed by atoms with Crippen molar-refractivity contribution in [1.82, 2.24) is 10.2 Å². The van der Waals surface area contributed by atoms with Gasteiger partial charge in [-0.15, -0.1) is 0 Å². The second kappa shape index (κ2) is 14.5. The van der Waals surface area contributed by atoms with Gasteiger partial charge in [-0.3, -0.25) is 4.79 Å². The predicted octanol–water partition coefficient (Wildman–Crippen LogP) is -0.290. The van der Waals surface area contributed by atoms with Crippen molar-refractivity contribution in [1.29, 1.82) is 0 Å². The summed E-state index contributed by atoms with van der Waals surface area (Å²) in [6.07, 6.45) is -0.981. The van der Waals surface area contributed by atoms with Crippen LogP contribution in [0.3, 0.4) is 0 Å². The molecule has 0 aliphatic carbocycles. The highest BCUT2D eigenvalue weighted by atomic mass is 16.5. The van der Waals surface area contributed by atoms with E-state index in [2.05, 4.69) is 5.32 Å². The van der Waals surface area contributed by atoms with Crippen molar-refractivity contribution < 1.29 is 34.0 Å². The van der Waals surface area contributed by atoms with Crippen LogP contribution in [0.2, 0.25) is 0 Å². The number of ether oxygens (including phenoxy) is 3. The summed E-state index contributed by atoms with van der Waals surface area (Å²) in [5.41, 5.74) is 0. The van der Waals surface area contributed by atoms with Crippen LogP contribution in [-0.2, 0) is 19.0 Å². The lowest BCUT2D eigenvalue weighted by Crippen LogP contribution is -2.37. The molecule has 3 N–H and O–H groups in total. The third kappa shape index (κ3) is 13.6. The van der Waals surface area contributed by atoms with Gasteiger partial charge in [0.25, 0.3) is 0 Å². The fourth-order valence-electron chi connectivity index (χ4n) is 1.43. The lowest BCUT2D eigenvalue weighted by atomic mass is 10.5. The fraction of sp³-hybridized carbons (Fsp3) is 0.846. The Labute approximate surface area is 130 Å². The van der Waals surface area contributed by atoms with E-state index in [1.54, 1.807) is 7.05 Å². The Morgan fingerprint density at radius 1 is 0.909 bits per heavy atom. The van der Waals surface area contributed by atoms with E-state index in [9.17, 15) is 9.59 Å². The normalized spacial score (nSPS) is 10.6. The molecule has 0 rings (SSSR count). The minimum absolute atomic E-state index is 0.0171. The van der Waals surface area contributed by atoms with Gasteiger partial charge in [0.15, 0.2) is 0 Å². The van der Waals surface area contributed by atoms with Crippen molar-refractivity contribution in [2.45, 2.75) is 6.42 Å². The molecule has 130 valence electrons. The lowest BCUT2D eigenvalue weighted by molar-refractivity contribution is -0.138. The monoisotopic (exact) mass is 322 g/mol. The maximum atomic E-state index is 10.9. The number of carboxylic acid groups (broad SMARTS) is 2. The van der Waals surface area contributed by atoms with Gasteiger partial charge in [0, 0.05) is 19.6 Å². The van der Waals surface area contributed by atoms with Gasteiger partial charge < -0.3 is 34.6 Å². The second-order valence-corrected chi connectivity index (χ2v) is 4.35. The summed E-state index contributed by atoms with van der Waals surface area (Å²) in [7, 11) is 1.76. The zero-order valence-corrected chi connectivity index (χ0v) is 13.0. The van der Waals surface area contributed by atoms with Gasteiger partial charge in [0.05, 0.1) is 46.1 Å². The molecule has 0 atom stereocenters. The number of hydrogen-bond acceptors (Lipinski definition) is 6. The molecule has 1 amide bonds. The molecule has 0 unspecified atom stereocenters. The average molecular weight is 322 g/mol. The number of aliphatic carboxylic acids is 1. The third-order valence-electron chi connectivity index (χ3n) is 2.61. The quantitative estimate of drug-likeness (QED) is 0.352. The minimum atomic E-state index is -0.964. The van der Waals surface area contributed by atoms with E-state index in [1.807, 2.05) is 0 Å². The lowest BCUT2D eigenvalue weighted by Gasteiger charge is -2.18.